The number of rotatable bonds is 3. The SMILES string of the molecule is COC(=O)C1CCCCN1Cc1cnoc1. The van der Waals surface area contributed by atoms with Gasteiger partial charge in [-0.2, -0.15) is 0 Å². The number of esters is 1. The summed E-state index contributed by atoms with van der Waals surface area (Å²) in [5.41, 5.74) is 0.996. The van der Waals surface area contributed by atoms with E-state index in [0.717, 1.165) is 31.4 Å². The fraction of sp³-hybridized carbons (Fsp3) is 0.636. The van der Waals surface area contributed by atoms with E-state index in [4.69, 9.17) is 9.26 Å². The van der Waals surface area contributed by atoms with Crippen molar-refractivity contribution in [1.82, 2.24) is 10.1 Å². The second kappa shape index (κ2) is 5.12. The Bertz CT molecular complexity index is 337. The van der Waals surface area contributed by atoms with Gasteiger partial charge >= 0.3 is 5.97 Å². The van der Waals surface area contributed by atoms with Crippen LogP contribution in [-0.4, -0.2) is 35.7 Å². The second-order valence-corrected chi connectivity index (χ2v) is 4.04. The molecule has 0 bridgehead atoms. The van der Waals surface area contributed by atoms with Gasteiger partial charge in [0.1, 0.15) is 12.3 Å². The Morgan fingerprint density at radius 2 is 2.56 bits per heavy atom. The van der Waals surface area contributed by atoms with Crippen LogP contribution in [0.3, 0.4) is 0 Å². The number of methoxy groups -OCH3 is 1. The zero-order valence-corrected chi connectivity index (χ0v) is 9.39. The minimum absolute atomic E-state index is 0.117. The molecule has 16 heavy (non-hydrogen) atoms. The van der Waals surface area contributed by atoms with Crippen molar-refractivity contribution < 1.29 is 14.1 Å². The molecule has 2 heterocycles. The van der Waals surface area contributed by atoms with Crippen molar-refractivity contribution in [2.24, 2.45) is 0 Å². The number of hydrogen-bond acceptors (Lipinski definition) is 5. The smallest absolute Gasteiger partial charge is 0.323 e. The van der Waals surface area contributed by atoms with Gasteiger partial charge in [0.25, 0.3) is 0 Å². The molecule has 0 spiro atoms. The zero-order valence-electron chi connectivity index (χ0n) is 9.39. The van der Waals surface area contributed by atoms with Crippen LogP contribution in [0.5, 0.6) is 0 Å². The van der Waals surface area contributed by atoms with Crippen LogP contribution in [0.1, 0.15) is 24.8 Å². The van der Waals surface area contributed by atoms with E-state index in [-0.39, 0.29) is 12.0 Å². The number of carbonyl (C=O) groups excluding carboxylic acids is 1. The third-order valence-electron chi connectivity index (χ3n) is 2.96. The van der Waals surface area contributed by atoms with Gasteiger partial charge in [-0.05, 0) is 19.4 Å². The maximum absolute atomic E-state index is 11.6. The Hall–Kier alpha value is -1.36. The van der Waals surface area contributed by atoms with E-state index in [1.807, 2.05) is 0 Å². The molecule has 5 nitrogen and oxygen atoms in total. The fourth-order valence-corrected chi connectivity index (χ4v) is 2.12. The molecule has 1 aliphatic rings. The lowest BCUT2D eigenvalue weighted by molar-refractivity contribution is -0.148. The van der Waals surface area contributed by atoms with E-state index in [2.05, 4.69) is 10.1 Å². The average molecular weight is 224 g/mol. The number of nitrogens with zero attached hydrogens (tertiary/aromatic N) is 2. The van der Waals surface area contributed by atoms with E-state index in [1.165, 1.54) is 7.11 Å². The summed E-state index contributed by atoms with van der Waals surface area (Å²) >= 11 is 0. The number of aromatic nitrogens is 1. The lowest BCUT2D eigenvalue weighted by Gasteiger charge is -2.33. The predicted octanol–water partition coefficient (Wildman–Crippen LogP) is 1.20. The van der Waals surface area contributed by atoms with Gasteiger partial charge in [0, 0.05) is 12.1 Å². The molecule has 88 valence electrons. The molecular weight excluding hydrogens is 208 g/mol. The number of likely N-dealkylation sites (tertiary alicyclic amines) is 1. The van der Waals surface area contributed by atoms with Crippen LogP contribution in [-0.2, 0) is 16.1 Å². The van der Waals surface area contributed by atoms with E-state index >= 15 is 0 Å². The summed E-state index contributed by atoms with van der Waals surface area (Å²) in [7, 11) is 1.44. The molecule has 0 saturated carbocycles. The molecule has 1 fully saturated rings. The molecule has 1 aromatic heterocycles. The predicted molar refractivity (Wildman–Crippen MR) is 56.6 cm³/mol. The molecule has 2 rings (SSSR count). The summed E-state index contributed by atoms with van der Waals surface area (Å²) in [6.45, 7) is 1.62. The summed E-state index contributed by atoms with van der Waals surface area (Å²) in [5, 5.41) is 3.66. The summed E-state index contributed by atoms with van der Waals surface area (Å²) < 4.78 is 9.60. The molecule has 1 atom stereocenters. The molecule has 0 aromatic carbocycles. The largest absolute Gasteiger partial charge is 0.468 e. The quantitative estimate of drug-likeness (QED) is 0.722. The lowest BCUT2D eigenvalue weighted by Crippen LogP contribution is -2.44. The standard InChI is InChI=1S/C11H16N2O3/c1-15-11(14)10-4-2-3-5-13(10)7-9-6-12-16-8-9/h6,8,10H,2-5,7H2,1H3. The zero-order chi connectivity index (χ0) is 11.4. The highest BCUT2D eigenvalue weighted by atomic mass is 16.5. The maximum atomic E-state index is 11.6. The first kappa shape index (κ1) is 11.1. The Morgan fingerprint density at radius 1 is 1.69 bits per heavy atom. The van der Waals surface area contributed by atoms with Gasteiger partial charge in [0.15, 0.2) is 0 Å². The summed E-state index contributed by atoms with van der Waals surface area (Å²) in [4.78, 5) is 13.7. The van der Waals surface area contributed by atoms with E-state index in [1.54, 1.807) is 12.5 Å². The summed E-state index contributed by atoms with van der Waals surface area (Å²) in [6.07, 6.45) is 6.38. The van der Waals surface area contributed by atoms with Crippen LogP contribution in [0.2, 0.25) is 0 Å². The van der Waals surface area contributed by atoms with Crippen LogP contribution in [0.4, 0.5) is 0 Å². The van der Waals surface area contributed by atoms with Crippen molar-refractivity contribution in [2.45, 2.75) is 31.8 Å². The molecule has 0 aliphatic carbocycles. The minimum Gasteiger partial charge on any atom is -0.468 e. The van der Waals surface area contributed by atoms with Crippen LogP contribution in [0.15, 0.2) is 17.0 Å². The molecule has 0 amide bonds. The monoisotopic (exact) mass is 224 g/mol. The molecule has 0 N–H and O–H groups in total. The van der Waals surface area contributed by atoms with Crippen molar-refractivity contribution in [1.29, 1.82) is 0 Å². The number of carbonyl (C=O) groups is 1. The van der Waals surface area contributed by atoms with Gasteiger partial charge < -0.3 is 9.26 Å². The molecule has 0 radical (unpaired) electrons. The van der Waals surface area contributed by atoms with Crippen molar-refractivity contribution in [3.8, 4) is 0 Å². The summed E-state index contributed by atoms with van der Waals surface area (Å²) in [5.74, 6) is -0.142. The molecule has 1 aliphatic heterocycles. The van der Waals surface area contributed by atoms with Gasteiger partial charge in [0.2, 0.25) is 0 Å². The Labute approximate surface area is 94.3 Å². The lowest BCUT2D eigenvalue weighted by atomic mass is 10.0. The number of ether oxygens (including phenoxy) is 1. The third kappa shape index (κ3) is 2.41. The minimum atomic E-state index is -0.142. The van der Waals surface area contributed by atoms with Gasteiger partial charge in [-0.15, -0.1) is 0 Å². The van der Waals surface area contributed by atoms with Gasteiger partial charge in [-0.25, -0.2) is 0 Å². The second-order valence-electron chi connectivity index (χ2n) is 4.04. The van der Waals surface area contributed by atoms with Crippen LogP contribution in [0.25, 0.3) is 0 Å². The topological polar surface area (TPSA) is 55.6 Å². The summed E-state index contributed by atoms with van der Waals surface area (Å²) in [6, 6.07) is -0.117. The molecule has 1 aromatic rings. The highest BCUT2D eigenvalue weighted by molar-refractivity contribution is 5.75. The van der Waals surface area contributed by atoms with E-state index < -0.39 is 0 Å². The molecule has 1 saturated heterocycles. The highest BCUT2D eigenvalue weighted by Crippen LogP contribution is 2.20. The first-order valence-electron chi connectivity index (χ1n) is 5.51. The van der Waals surface area contributed by atoms with Gasteiger partial charge in [0.05, 0.1) is 13.3 Å². The van der Waals surface area contributed by atoms with Crippen molar-refractivity contribution in [3.05, 3.63) is 18.0 Å². The first-order valence-corrected chi connectivity index (χ1v) is 5.51. The van der Waals surface area contributed by atoms with E-state index in [0.29, 0.717) is 6.54 Å². The number of hydrogen-bond donors (Lipinski definition) is 0. The Balaban J connectivity index is 2.02. The van der Waals surface area contributed by atoms with Crippen molar-refractivity contribution >= 4 is 5.97 Å². The fourth-order valence-electron chi connectivity index (χ4n) is 2.12. The van der Waals surface area contributed by atoms with Crippen LogP contribution >= 0.6 is 0 Å². The van der Waals surface area contributed by atoms with Crippen molar-refractivity contribution in [3.63, 3.8) is 0 Å². The van der Waals surface area contributed by atoms with Gasteiger partial charge in [-0.1, -0.05) is 11.6 Å². The molecule has 1 unspecified atom stereocenters. The molecule has 5 heteroatoms. The normalized spacial score (nSPS) is 21.9. The third-order valence-corrected chi connectivity index (χ3v) is 2.96. The highest BCUT2D eigenvalue weighted by Gasteiger charge is 2.29. The maximum Gasteiger partial charge on any atom is 0.323 e. The van der Waals surface area contributed by atoms with E-state index in [9.17, 15) is 4.79 Å². The van der Waals surface area contributed by atoms with Crippen LogP contribution < -0.4 is 0 Å². The Morgan fingerprint density at radius 3 is 3.25 bits per heavy atom. The van der Waals surface area contributed by atoms with Crippen LogP contribution in [0, 0.1) is 0 Å². The number of piperidine rings is 1. The van der Waals surface area contributed by atoms with Gasteiger partial charge in [-0.3, -0.25) is 9.69 Å². The van der Waals surface area contributed by atoms with Crippen molar-refractivity contribution in [2.75, 3.05) is 13.7 Å². The Kier molecular flexibility index (Phi) is 3.56. The first-order chi connectivity index (χ1) is 7.81. The molecular formula is C11H16N2O3. The average Bonchev–Trinajstić information content (AvgIpc) is 2.82.